The van der Waals surface area contributed by atoms with Gasteiger partial charge in [0.1, 0.15) is 0 Å². The van der Waals surface area contributed by atoms with E-state index < -0.39 is 0 Å². The van der Waals surface area contributed by atoms with Gasteiger partial charge in [-0.1, -0.05) is 48.0 Å². The SMILES string of the molecule is Clc1ccc(C2(c3ccc(-c4cn[nH]c4)cc3)CCCNC2)cc1. The predicted molar refractivity (Wildman–Crippen MR) is 98.4 cm³/mol. The molecule has 1 fully saturated rings. The Morgan fingerprint density at radius 2 is 1.62 bits per heavy atom. The Bertz CT molecular complexity index is 786. The molecule has 0 radical (unpaired) electrons. The van der Waals surface area contributed by atoms with Crippen LogP contribution < -0.4 is 5.32 Å². The minimum absolute atomic E-state index is 0.0117. The van der Waals surface area contributed by atoms with E-state index in [9.17, 15) is 0 Å². The second kappa shape index (κ2) is 6.42. The molecule has 24 heavy (non-hydrogen) atoms. The van der Waals surface area contributed by atoms with Gasteiger partial charge in [0.15, 0.2) is 0 Å². The maximum atomic E-state index is 6.10. The first-order valence-corrected chi connectivity index (χ1v) is 8.72. The summed E-state index contributed by atoms with van der Waals surface area (Å²) in [6.07, 6.45) is 6.09. The molecule has 4 heteroatoms. The molecule has 0 amide bonds. The molecule has 3 aromatic rings. The van der Waals surface area contributed by atoms with Gasteiger partial charge in [-0.05, 0) is 48.2 Å². The number of nitrogens with one attached hydrogen (secondary N) is 2. The van der Waals surface area contributed by atoms with E-state index >= 15 is 0 Å². The van der Waals surface area contributed by atoms with Crippen molar-refractivity contribution in [2.45, 2.75) is 18.3 Å². The first-order valence-electron chi connectivity index (χ1n) is 8.34. The lowest BCUT2D eigenvalue weighted by atomic mass is 9.69. The lowest BCUT2D eigenvalue weighted by Gasteiger charge is -2.39. The highest BCUT2D eigenvalue weighted by Gasteiger charge is 2.35. The van der Waals surface area contributed by atoms with Crippen LogP contribution in [0, 0.1) is 0 Å². The van der Waals surface area contributed by atoms with Crippen molar-refractivity contribution in [2.75, 3.05) is 13.1 Å². The third-order valence-corrected chi connectivity index (χ3v) is 5.30. The summed E-state index contributed by atoms with van der Waals surface area (Å²) in [5.74, 6) is 0. The molecule has 1 aromatic heterocycles. The maximum Gasteiger partial charge on any atom is 0.0565 e. The zero-order chi connectivity index (χ0) is 16.4. The Morgan fingerprint density at radius 3 is 2.21 bits per heavy atom. The Morgan fingerprint density at radius 1 is 0.917 bits per heavy atom. The van der Waals surface area contributed by atoms with E-state index in [-0.39, 0.29) is 5.41 Å². The van der Waals surface area contributed by atoms with Crippen LogP contribution in [0.15, 0.2) is 60.9 Å². The third-order valence-electron chi connectivity index (χ3n) is 5.05. The van der Waals surface area contributed by atoms with Crippen LogP contribution in [0.1, 0.15) is 24.0 Å². The molecule has 3 nitrogen and oxygen atoms in total. The van der Waals surface area contributed by atoms with Gasteiger partial charge in [0.05, 0.1) is 6.20 Å². The molecule has 1 aliphatic rings. The van der Waals surface area contributed by atoms with Gasteiger partial charge >= 0.3 is 0 Å². The monoisotopic (exact) mass is 337 g/mol. The van der Waals surface area contributed by atoms with E-state index in [0.29, 0.717) is 0 Å². The Kier molecular flexibility index (Phi) is 4.13. The summed E-state index contributed by atoms with van der Waals surface area (Å²) in [4.78, 5) is 0. The molecule has 1 saturated heterocycles. The zero-order valence-corrected chi connectivity index (χ0v) is 14.2. The lowest BCUT2D eigenvalue weighted by molar-refractivity contribution is 0.366. The molecule has 122 valence electrons. The maximum absolute atomic E-state index is 6.10. The van der Waals surface area contributed by atoms with Crippen molar-refractivity contribution in [1.29, 1.82) is 0 Å². The van der Waals surface area contributed by atoms with Gasteiger partial charge in [0.2, 0.25) is 0 Å². The molecule has 1 atom stereocenters. The summed E-state index contributed by atoms with van der Waals surface area (Å²) >= 11 is 6.10. The van der Waals surface area contributed by atoms with Crippen molar-refractivity contribution >= 4 is 11.6 Å². The Labute approximate surface area is 147 Å². The van der Waals surface area contributed by atoms with Crippen LogP contribution in [-0.4, -0.2) is 23.3 Å². The largest absolute Gasteiger partial charge is 0.316 e. The number of aromatic nitrogens is 2. The van der Waals surface area contributed by atoms with E-state index in [1.54, 1.807) is 0 Å². The predicted octanol–water partition coefficient (Wildman–Crippen LogP) is 4.40. The highest BCUT2D eigenvalue weighted by molar-refractivity contribution is 6.30. The molecule has 2 aromatic carbocycles. The molecular weight excluding hydrogens is 318 g/mol. The highest BCUT2D eigenvalue weighted by Crippen LogP contribution is 2.39. The number of hydrogen-bond donors (Lipinski definition) is 2. The van der Waals surface area contributed by atoms with Crippen molar-refractivity contribution in [3.63, 3.8) is 0 Å². The Balaban J connectivity index is 1.75. The van der Waals surface area contributed by atoms with Crippen molar-refractivity contribution in [2.24, 2.45) is 0 Å². The van der Waals surface area contributed by atoms with Gasteiger partial charge in [-0.15, -0.1) is 0 Å². The number of H-pyrrole nitrogens is 1. The summed E-state index contributed by atoms with van der Waals surface area (Å²) in [6, 6.07) is 17.2. The van der Waals surface area contributed by atoms with Crippen LogP contribution in [0.3, 0.4) is 0 Å². The van der Waals surface area contributed by atoms with Crippen LogP contribution >= 0.6 is 11.6 Å². The van der Waals surface area contributed by atoms with Crippen LogP contribution in [-0.2, 0) is 5.41 Å². The van der Waals surface area contributed by atoms with Gasteiger partial charge in [-0.3, -0.25) is 5.10 Å². The van der Waals surface area contributed by atoms with E-state index in [4.69, 9.17) is 11.6 Å². The molecule has 2 N–H and O–H groups in total. The number of benzene rings is 2. The fourth-order valence-electron chi connectivity index (χ4n) is 3.72. The highest BCUT2D eigenvalue weighted by atomic mass is 35.5. The average molecular weight is 338 g/mol. The van der Waals surface area contributed by atoms with Crippen molar-refractivity contribution < 1.29 is 0 Å². The number of aromatic amines is 1. The molecule has 1 aliphatic heterocycles. The number of rotatable bonds is 3. The number of piperidine rings is 1. The van der Waals surface area contributed by atoms with Gasteiger partial charge in [0, 0.05) is 28.7 Å². The first-order chi connectivity index (χ1) is 11.8. The summed E-state index contributed by atoms with van der Waals surface area (Å²) in [5, 5.41) is 11.3. The van der Waals surface area contributed by atoms with E-state index in [1.165, 1.54) is 23.1 Å². The summed E-state index contributed by atoms with van der Waals surface area (Å²) in [7, 11) is 0. The third kappa shape index (κ3) is 2.74. The van der Waals surface area contributed by atoms with Crippen molar-refractivity contribution in [1.82, 2.24) is 15.5 Å². The molecular formula is C20H20ClN3. The Hall–Kier alpha value is -2.10. The first kappa shape index (κ1) is 15.4. The topological polar surface area (TPSA) is 40.7 Å². The normalized spacial score (nSPS) is 20.9. The molecule has 1 unspecified atom stereocenters. The second-order valence-electron chi connectivity index (χ2n) is 6.43. The molecule has 2 heterocycles. The molecule has 0 aliphatic carbocycles. The summed E-state index contributed by atoms with van der Waals surface area (Å²) in [5.41, 5.74) is 4.99. The van der Waals surface area contributed by atoms with Crippen molar-refractivity contribution in [3.05, 3.63) is 77.1 Å². The smallest absolute Gasteiger partial charge is 0.0565 e. The van der Waals surface area contributed by atoms with E-state index in [0.717, 1.165) is 30.1 Å². The fraction of sp³-hybridized carbons (Fsp3) is 0.250. The average Bonchev–Trinajstić information content (AvgIpc) is 3.18. The van der Waals surface area contributed by atoms with Crippen LogP contribution in [0.5, 0.6) is 0 Å². The minimum Gasteiger partial charge on any atom is -0.316 e. The number of nitrogens with zero attached hydrogens (tertiary/aromatic N) is 1. The fourth-order valence-corrected chi connectivity index (χ4v) is 3.85. The standard InChI is InChI=1S/C20H20ClN3/c21-19-8-6-18(7-9-19)20(10-1-11-22-14-20)17-4-2-15(3-5-17)16-12-23-24-13-16/h2-9,12-13,22H,1,10-11,14H2,(H,23,24). The lowest BCUT2D eigenvalue weighted by Crippen LogP contribution is -2.44. The van der Waals surface area contributed by atoms with Crippen LogP contribution in [0.25, 0.3) is 11.1 Å². The van der Waals surface area contributed by atoms with Crippen LogP contribution in [0.2, 0.25) is 5.02 Å². The molecule has 0 saturated carbocycles. The second-order valence-corrected chi connectivity index (χ2v) is 6.87. The number of halogens is 1. The minimum atomic E-state index is 0.0117. The summed E-state index contributed by atoms with van der Waals surface area (Å²) < 4.78 is 0. The van der Waals surface area contributed by atoms with Gasteiger partial charge in [-0.2, -0.15) is 5.10 Å². The van der Waals surface area contributed by atoms with Crippen LogP contribution in [0.4, 0.5) is 0 Å². The zero-order valence-electron chi connectivity index (χ0n) is 13.4. The summed E-state index contributed by atoms with van der Waals surface area (Å²) in [6.45, 7) is 2.04. The molecule has 0 bridgehead atoms. The van der Waals surface area contributed by atoms with Crippen molar-refractivity contribution in [3.8, 4) is 11.1 Å². The molecule has 0 spiro atoms. The molecule has 4 rings (SSSR count). The van der Waals surface area contributed by atoms with E-state index in [1.807, 2.05) is 24.5 Å². The number of hydrogen-bond acceptors (Lipinski definition) is 2. The van der Waals surface area contributed by atoms with Gasteiger partial charge in [0.25, 0.3) is 0 Å². The van der Waals surface area contributed by atoms with Gasteiger partial charge in [-0.25, -0.2) is 0 Å². The van der Waals surface area contributed by atoms with Gasteiger partial charge < -0.3 is 5.32 Å². The van der Waals surface area contributed by atoms with E-state index in [2.05, 4.69) is 51.9 Å². The quantitative estimate of drug-likeness (QED) is 0.743.